The third kappa shape index (κ3) is 3.57. The fourth-order valence-electron chi connectivity index (χ4n) is 1.90. The Bertz CT molecular complexity index is 701. The molecule has 0 saturated heterocycles. The van der Waals surface area contributed by atoms with E-state index in [0.717, 1.165) is 15.6 Å². The molecule has 0 fully saturated rings. The zero-order valence-electron chi connectivity index (χ0n) is 12.0. The lowest BCUT2D eigenvalue weighted by Crippen LogP contribution is -2.12. The van der Waals surface area contributed by atoms with Crippen LogP contribution in [0.1, 0.15) is 21.5 Å². The number of methoxy groups -OCH3 is 1. The Hall–Kier alpha value is -1.52. The van der Waals surface area contributed by atoms with Crippen molar-refractivity contribution in [2.45, 2.75) is 13.8 Å². The van der Waals surface area contributed by atoms with E-state index in [2.05, 4.69) is 21.2 Å². The van der Waals surface area contributed by atoms with Crippen molar-refractivity contribution in [3.63, 3.8) is 0 Å². The number of anilines is 1. The van der Waals surface area contributed by atoms with Gasteiger partial charge >= 0.3 is 0 Å². The van der Waals surface area contributed by atoms with Crippen LogP contribution in [0.5, 0.6) is 5.75 Å². The number of halogens is 2. The van der Waals surface area contributed by atoms with E-state index in [9.17, 15) is 4.79 Å². The van der Waals surface area contributed by atoms with Crippen LogP contribution in [-0.2, 0) is 0 Å². The van der Waals surface area contributed by atoms with Gasteiger partial charge in [-0.05, 0) is 65.2 Å². The summed E-state index contributed by atoms with van der Waals surface area (Å²) in [7, 11) is 1.58. The Kier molecular flexibility index (Phi) is 4.91. The Morgan fingerprint density at radius 3 is 2.57 bits per heavy atom. The molecule has 110 valence electrons. The summed E-state index contributed by atoms with van der Waals surface area (Å²) in [6, 6.07) is 8.92. The fourth-order valence-corrected chi connectivity index (χ4v) is 2.62. The minimum absolute atomic E-state index is 0.214. The number of rotatable bonds is 3. The molecule has 0 spiro atoms. The maximum absolute atomic E-state index is 12.3. The first-order valence-corrected chi connectivity index (χ1v) is 7.51. The van der Waals surface area contributed by atoms with Gasteiger partial charge in [0.2, 0.25) is 0 Å². The summed E-state index contributed by atoms with van der Waals surface area (Å²) in [5.74, 6) is 0.470. The van der Waals surface area contributed by atoms with Crippen LogP contribution in [0.2, 0.25) is 5.02 Å². The number of ether oxygens (including phenoxy) is 1. The zero-order valence-corrected chi connectivity index (χ0v) is 14.3. The second-order valence-corrected chi connectivity index (χ2v) is 5.98. The Balaban J connectivity index is 2.28. The van der Waals surface area contributed by atoms with Crippen LogP contribution in [0.3, 0.4) is 0 Å². The highest BCUT2D eigenvalue weighted by molar-refractivity contribution is 9.10. The van der Waals surface area contributed by atoms with E-state index in [-0.39, 0.29) is 5.91 Å². The van der Waals surface area contributed by atoms with E-state index >= 15 is 0 Å². The van der Waals surface area contributed by atoms with Crippen molar-refractivity contribution < 1.29 is 9.53 Å². The van der Waals surface area contributed by atoms with E-state index in [4.69, 9.17) is 16.3 Å². The Morgan fingerprint density at radius 1 is 1.19 bits per heavy atom. The van der Waals surface area contributed by atoms with Crippen LogP contribution in [0.25, 0.3) is 0 Å². The second kappa shape index (κ2) is 6.50. The van der Waals surface area contributed by atoms with Gasteiger partial charge in [-0.3, -0.25) is 4.79 Å². The van der Waals surface area contributed by atoms with Crippen LogP contribution in [0, 0.1) is 13.8 Å². The molecule has 0 atom stereocenters. The van der Waals surface area contributed by atoms with E-state index in [0.29, 0.717) is 22.0 Å². The quantitative estimate of drug-likeness (QED) is 0.829. The van der Waals surface area contributed by atoms with Crippen molar-refractivity contribution in [1.29, 1.82) is 0 Å². The summed E-state index contributed by atoms with van der Waals surface area (Å²) >= 11 is 9.52. The topological polar surface area (TPSA) is 38.3 Å². The molecule has 1 amide bonds. The van der Waals surface area contributed by atoms with Crippen molar-refractivity contribution in [3.05, 3.63) is 56.5 Å². The van der Waals surface area contributed by atoms with Crippen LogP contribution >= 0.6 is 27.5 Å². The number of amides is 1. The number of hydrogen-bond acceptors (Lipinski definition) is 2. The molecule has 0 aliphatic carbocycles. The maximum atomic E-state index is 12.3. The number of carbonyl (C=O) groups excluding carboxylic acids is 1. The summed E-state index contributed by atoms with van der Waals surface area (Å²) in [5, 5.41) is 3.45. The molecule has 2 aromatic rings. The lowest BCUT2D eigenvalue weighted by Gasteiger charge is -2.11. The highest BCUT2D eigenvalue weighted by atomic mass is 79.9. The Labute approximate surface area is 137 Å². The largest absolute Gasteiger partial charge is 0.496 e. The average molecular weight is 369 g/mol. The highest BCUT2D eigenvalue weighted by Gasteiger charge is 2.12. The number of hydrogen-bond donors (Lipinski definition) is 1. The van der Waals surface area contributed by atoms with Gasteiger partial charge in [0.25, 0.3) is 5.91 Å². The molecule has 0 radical (unpaired) electrons. The fraction of sp³-hybridized carbons (Fsp3) is 0.188. The lowest BCUT2D eigenvalue weighted by atomic mass is 10.1. The summed E-state index contributed by atoms with van der Waals surface area (Å²) in [6.07, 6.45) is 0. The molecular weight excluding hydrogens is 354 g/mol. The lowest BCUT2D eigenvalue weighted by molar-refractivity contribution is 0.102. The van der Waals surface area contributed by atoms with Crippen LogP contribution in [0.4, 0.5) is 5.69 Å². The van der Waals surface area contributed by atoms with Gasteiger partial charge in [-0.2, -0.15) is 0 Å². The van der Waals surface area contributed by atoms with E-state index in [1.54, 1.807) is 25.3 Å². The first kappa shape index (κ1) is 15.9. The molecule has 5 heteroatoms. The molecule has 1 N–H and O–H groups in total. The standard InChI is InChI=1S/C16H15BrClNO2/c1-9-4-5-11(7-15(9)21-3)16(20)19-14-8-13(18)10(2)6-12(14)17/h4-8H,1-3H3,(H,19,20). The Morgan fingerprint density at radius 2 is 1.90 bits per heavy atom. The van der Waals surface area contributed by atoms with Crippen LogP contribution < -0.4 is 10.1 Å². The molecule has 0 aliphatic rings. The molecule has 0 bridgehead atoms. The molecule has 0 unspecified atom stereocenters. The smallest absolute Gasteiger partial charge is 0.255 e. The number of benzene rings is 2. The van der Waals surface area contributed by atoms with E-state index in [1.165, 1.54) is 0 Å². The van der Waals surface area contributed by atoms with E-state index < -0.39 is 0 Å². The molecule has 21 heavy (non-hydrogen) atoms. The molecule has 3 nitrogen and oxygen atoms in total. The van der Waals surface area contributed by atoms with Gasteiger partial charge in [0.15, 0.2) is 0 Å². The van der Waals surface area contributed by atoms with Crippen LogP contribution in [-0.4, -0.2) is 13.0 Å². The van der Waals surface area contributed by atoms with Gasteiger partial charge in [0.05, 0.1) is 12.8 Å². The first-order chi connectivity index (χ1) is 9.92. The summed E-state index contributed by atoms with van der Waals surface area (Å²) in [6.45, 7) is 3.83. The summed E-state index contributed by atoms with van der Waals surface area (Å²) in [5.41, 5.74) is 3.09. The highest BCUT2D eigenvalue weighted by Crippen LogP contribution is 2.29. The van der Waals surface area contributed by atoms with Crippen molar-refractivity contribution >= 4 is 39.1 Å². The van der Waals surface area contributed by atoms with Gasteiger partial charge in [0.1, 0.15) is 5.75 Å². The molecule has 0 aliphatic heterocycles. The number of carbonyl (C=O) groups is 1. The SMILES string of the molecule is COc1cc(C(=O)Nc2cc(Cl)c(C)cc2Br)ccc1C. The number of aryl methyl sites for hydroxylation is 2. The molecule has 0 aromatic heterocycles. The third-order valence-electron chi connectivity index (χ3n) is 3.17. The molecule has 2 rings (SSSR count). The van der Waals surface area contributed by atoms with Crippen LogP contribution in [0.15, 0.2) is 34.8 Å². The van der Waals surface area contributed by atoms with Gasteiger partial charge < -0.3 is 10.1 Å². The predicted octanol–water partition coefficient (Wildman–Crippen LogP) is 4.98. The van der Waals surface area contributed by atoms with E-state index in [1.807, 2.05) is 26.0 Å². The average Bonchev–Trinajstić information content (AvgIpc) is 2.45. The molecular formula is C16H15BrClNO2. The normalized spacial score (nSPS) is 10.3. The monoisotopic (exact) mass is 367 g/mol. The van der Waals surface area contributed by atoms with Gasteiger partial charge in [-0.25, -0.2) is 0 Å². The first-order valence-electron chi connectivity index (χ1n) is 6.34. The predicted molar refractivity (Wildman–Crippen MR) is 89.6 cm³/mol. The number of nitrogens with one attached hydrogen (secondary N) is 1. The molecule has 0 heterocycles. The van der Waals surface area contributed by atoms with Crippen molar-refractivity contribution in [2.75, 3.05) is 12.4 Å². The minimum atomic E-state index is -0.214. The zero-order chi connectivity index (χ0) is 15.6. The molecule has 2 aromatic carbocycles. The van der Waals surface area contributed by atoms with Gasteiger partial charge in [0, 0.05) is 15.1 Å². The minimum Gasteiger partial charge on any atom is -0.496 e. The van der Waals surface area contributed by atoms with Gasteiger partial charge in [-0.1, -0.05) is 17.7 Å². The maximum Gasteiger partial charge on any atom is 0.255 e. The third-order valence-corrected chi connectivity index (χ3v) is 4.23. The second-order valence-electron chi connectivity index (χ2n) is 4.72. The van der Waals surface area contributed by atoms with Gasteiger partial charge in [-0.15, -0.1) is 0 Å². The summed E-state index contributed by atoms with van der Waals surface area (Å²) < 4.78 is 6.02. The van der Waals surface area contributed by atoms with Crippen molar-refractivity contribution in [2.24, 2.45) is 0 Å². The van der Waals surface area contributed by atoms with Crippen molar-refractivity contribution in [3.8, 4) is 5.75 Å². The summed E-state index contributed by atoms with van der Waals surface area (Å²) in [4.78, 5) is 12.3. The molecule has 0 saturated carbocycles. The van der Waals surface area contributed by atoms with Crippen molar-refractivity contribution in [1.82, 2.24) is 0 Å².